The summed E-state index contributed by atoms with van der Waals surface area (Å²) in [5, 5.41) is 2.85. The fraction of sp³-hybridized carbons (Fsp3) is 0.381. The van der Waals surface area contributed by atoms with Crippen LogP contribution in [0.3, 0.4) is 0 Å². The summed E-state index contributed by atoms with van der Waals surface area (Å²) >= 11 is 0. The molecule has 0 bridgehead atoms. The molecule has 4 nitrogen and oxygen atoms in total. The Morgan fingerprint density at radius 3 is 2.20 bits per heavy atom. The van der Waals surface area contributed by atoms with Gasteiger partial charge in [-0.25, -0.2) is 0 Å². The summed E-state index contributed by atoms with van der Waals surface area (Å²) in [5.41, 5.74) is 3.90. The maximum absolute atomic E-state index is 12.3. The van der Waals surface area contributed by atoms with Crippen LogP contribution in [0.5, 0.6) is 11.5 Å². The van der Waals surface area contributed by atoms with Crippen molar-refractivity contribution in [2.45, 2.75) is 40.0 Å². The highest BCUT2D eigenvalue weighted by Gasteiger charge is 2.20. The maximum atomic E-state index is 12.3. The number of rotatable bonds is 5. The molecule has 0 aliphatic rings. The lowest BCUT2D eigenvalue weighted by Crippen LogP contribution is -2.22. The number of nitrogens with one attached hydrogen (secondary N) is 1. The molecule has 2 rings (SSSR count). The Balaban J connectivity index is 2.10. The summed E-state index contributed by atoms with van der Waals surface area (Å²) in [5.74, 6) is 1.15. The van der Waals surface area contributed by atoms with Gasteiger partial charge in [-0.05, 0) is 48.6 Å². The molecule has 4 heteroatoms. The zero-order valence-electron chi connectivity index (χ0n) is 15.9. The number of hydrogen-bond acceptors (Lipinski definition) is 3. The second kappa shape index (κ2) is 7.60. The Hall–Kier alpha value is -2.49. The molecule has 25 heavy (non-hydrogen) atoms. The van der Waals surface area contributed by atoms with Crippen molar-refractivity contribution >= 4 is 11.6 Å². The van der Waals surface area contributed by atoms with Gasteiger partial charge in [0.2, 0.25) is 0 Å². The number of benzene rings is 2. The number of carbonyl (C=O) groups is 1. The second-order valence-electron chi connectivity index (χ2n) is 7.29. The van der Waals surface area contributed by atoms with Crippen LogP contribution in [0.2, 0.25) is 0 Å². The summed E-state index contributed by atoms with van der Waals surface area (Å²) < 4.78 is 11.1. The molecule has 0 atom stereocenters. The fourth-order valence-corrected chi connectivity index (χ4v) is 2.60. The molecule has 0 spiro atoms. The van der Waals surface area contributed by atoms with Crippen LogP contribution in [0.15, 0.2) is 36.4 Å². The Kier molecular flexibility index (Phi) is 5.73. The Morgan fingerprint density at radius 2 is 1.60 bits per heavy atom. The molecule has 0 saturated carbocycles. The van der Waals surface area contributed by atoms with Gasteiger partial charge in [-0.15, -0.1) is 0 Å². The minimum atomic E-state index is -0.218. The van der Waals surface area contributed by atoms with E-state index in [0.29, 0.717) is 11.4 Å². The monoisotopic (exact) mass is 341 g/mol. The van der Waals surface area contributed by atoms with Crippen molar-refractivity contribution in [2.75, 3.05) is 19.0 Å². The third-order valence-corrected chi connectivity index (χ3v) is 3.93. The molecule has 0 fully saturated rings. The van der Waals surface area contributed by atoms with E-state index in [-0.39, 0.29) is 17.9 Å². The highest BCUT2D eigenvalue weighted by Crippen LogP contribution is 2.32. The molecule has 0 saturated heterocycles. The van der Waals surface area contributed by atoms with Gasteiger partial charge in [0.25, 0.3) is 5.91 Å². The minimum absolute atomic E-state index is 0.0523. The van der Waals surface area contributed by atoms with Crippen LogP contribution in [-0.2, 0) is 10.2 Å². The highest BCUT2D eigenvalue weighted by molar-refractivity contribution is 5.93. The third kappa shape index (κ3) is 4.99. The van der Waals surface area contributed by atoms with Crippen molar-refractivity contribution in [2.24, 2.45) is 0 Å². The summed E-state index contributed by atoms with van der Waals surface area (Å²) in [6.45, 7) is 10.4. The summed E-state index contributed by atoms with van der Waals surface area (Å²) in [6, 6.07) is 11.7. The number of ether oxygens (including phenoxy) is 2. The Labute approximate surface area is 150 Å². The van der Waals surface area contributed by atoms with E-state index < -0.39 is 0 Å². The van der Waals surface area contributed by atoms with E-state index in [1.54, 1.807) is 7.11 Å². The molecule has 0 aliphatic heterocycles. The number of aryl methyl sites for hydroxylation is 2. The minimum Gasteiger partial charge on any atom is -0.495 e. The van der Waals surface area contributed by atoms with Gasteiger partial charge in [-0.3, -0.25) is 4.79 Å². The van der Waals surface area contributed by atoms with E-state index in [2.05, 4.69) is 39.1 Å². The van der Waals surface area contributed by atoms with Crippen LogP contribution in [-0.4, -0.2) is 19.6 Å². The first kappa shape index (κ1) is 18.8. The number of methoxy groups -OCH3 is 1. The van der Waals surface area contributed by atoms with E-state index in [1.807, 2.05) is 37.3 Å². The lowest BCUT2D eigenvalue weighted by atomic mass is 9.85. The number of carbonyl (C=O) groups excluding carboxylic acids is 1. The van der Waals surface area contributed by atoms with Gasteiger partial charge in [0.1, 0.15) is 11.5 Å². The molecule has 2 aromatic carbocycles. The maximum Gasteiger partial charge on any atom is 0.262 e. The molecule has 0 radical (unpaired) electrons. The summed E-state index contributed by atoms with van der Waals surface area (Å²) in [6.07, 6.45) is 0. The third-order valence-electron chi connectivity index (χ3n) is 3.93. The fourth-order valence-electron chi connectivity index (χ4n) is 2.60. The molecular formula is C21H27NO3. The normalized spacial score (nSPS) is 11.1. The van der Waals surface area contributed by atoms with Crippen LogP contribution in [0.4, 0.5) is 5.69 Å². The second-order valence-corrected chi connectivity index (χ2v) is 7.29. The zero-order valence-corrected chi connectivity index (χ0v) is 15.9. The van der Waals surface area contributed by atoms with Crippen molar-refractivity contribution < 1.29 is 14.3 Å². The number of anilines is 1. The molecule has 1 amide bonds. The number of hydrogen-bond donors (Lipinski definition) is 1. The number of amides is 1. The van der Waals surface area contributed by atoms with E-state index in [9.17, 15) is 4.79 Å². The van der Waals surface area contributed by atoms with Crippen molar-refractivity contribution in [3.05, 3.63) is 53.1 Å². The van der Waals surface area contributed by atoms with E-state index in [4.69, 9.17) is 9.47 Å². The van der Waals surface area contributed by atoms with Gasteiger partial charge in [0, 0.05) is 0 Å². The van der Waals surface area contributed by atoms with Crippen LogP contribution < -0.4 is 14.8 Å². The smallest absolute Gasteiger partial charge is 0.262 e. The first-order valence-electron chi connectivity index (χ1n) is 8.39. The van der Waals surface area contributed by atoms with Gasteiger partial charge in [0.15, 0.2) is 6.61 Å². The quantitative estimate of drug-likeness (QED) is 0.863. The molecule has 0 aromatic heterocycles. The average Bonchev–Trinajstić information content (AvgIpc) is 2.53. The first-order chi connectivity index (χ1) is 11.7. The molecule has 0 unspecified atom stereocenters. The molecule has 2 aromatic rings. The molecule has 0 heterocycles. The molecule has 1 N–H and O–H groups in total. The predicted molar refractivity (Wildman–Crippen MR) is 102 cm³/mol. The standard InChI is InChI=1S/C21H27NO3/c1-14-7-9-18(16(11-14)21(3,4)5)25-13-20(23)22-17-12-15(2)8-10-19(17)24-6/h7-12H,13H2,1-6H3,(H,22,23). The summed E-state index contributed by atoms with van der Waals surface area (Å²) in [4.78, 5) is 12.3. The Morgan fingerprint density at radius 1 is 1.00 bits per heavy atom. The predicted octanol–water partition coefficient (Wildman–Crippen LogP) is 4.63. The van der Waals surface area contributed by atoms with Gasteiger partial charge in [-0.2, -0.15) is 0 Å². The van der Waals surface area contributed by atoms with Crippen LogP contribution in [0, 0.1) is 13.8 Å². The van der Waals surface area contributed by atoms with Crippen molar-refractivity contribution in [3.63, 3.8) is 0 Å². The topological polar surface area (TPSA) is 47.6 Å². The van der Waals surface area contributed by atoms with Gasteiger partial charge in [-0.1, -0.05) is 44.5 Å². The average molecular weight is 341 g/mol. The molecule has 134 valence electrons. The summed E-state index contributed by atoms with van der Waals surface area (Å²) in [7, 11) is 1.58. The SMILES string of the molecule is COc1ccc(C)cc1NC(=O)COc1ccc(C)cc1C(C)(C)C. The first-order valence-corrected chi connectivity index (χ1v) is 8.39. The lowest BCUT2D eigenvalue weighted by molar-refractivity contribution is -0.118. The zero-order chi connectivity index (χ0) is 18.6. The largest absolute Gasteiger partial charge is 0.495 e. The van der Waals surface area contributed by atoms with Crippen LogP contribution >= 0.6 is 0 Å². The van der Waals surface area contributed by atoms with Gasteiger partial charge >= 0.3 is 0 Å². The molecular weight excluding hydrogens is 314 g/mol. The van der Waals surface area contributed by atoms with Crippen molar-refractivity contribution in [1.82, 2.24) is 0 Å². The highest BCUT2D eigenvalue weighted by atomic mass is 16.5. The van der Waals surface area contributed by atoms with Gasteiger partial charge < -0.3 is 14.8 Å². The van der Waals surface area contributed by atoms with E-state index >= 15 is 0 Å². The Bertz CT molecular complexity index is 760. The van der Waals surface area contributed by atoms with Gasteiger partial charge in [0.05, 0.1) is 12.8 Å². The van der Waals surface area contributed by atoms with Crippen LogP contribution in [0.1, 0.15) is 37.5 Å². The molecule has 0 aliphatic carbocycles. The lowest BCUT2D eigenvalue weighted by Gasteiger charge is -2.23. The van der Waals surface area contributed by atoms with E-state index in [0.717, 1.165) is 16.9 Å². The van der Waals surface area contributed by atoms with Crippen molar-refractivity contribution in [1.29, 1.82) is 0 Å². The van der Waals surface area contributed by atoms with Crippen LogP contribution in [0.25, 0.3) is 0 Å². The van der Waals surface area contributed by atoms with E-state index in [1.165, 1.54) is 5.56 Å². The van der Waals surface area contributed by atoms with Crippen molar-refractivity contribution in [3.8, 4) is 11.5 Å².